The first-order valence-corrected chi connectivity index (χ1v) is 4.28. The number of hydrogen-bond acceptors (Lipinski definition) is 4. The minimum atomic E-state index is 0.509. The Labute approximate surface area is 81.6 Å². The van der Waals surface area contributed by atoms with Crippen molar-refractivity contribution in [2.24, 2.45) is 0 Å². The Morgan fingerprint density at radius 2 is 2.14 bits per heavy atom. The molecule has 0 aliphatic carbocycles. The lowest BCUT2D eigenvalue weighted by Crippen LogP contribution is -2.02. The highest BCUT2D eigenvalue weighted by atomic mass is 15.4. The molecule has 0 bridgehead atoms. The van der Waals surface area contributed by atoms with Crippen molar-refractivity contribution >= 4 is 5.82 Å². The van der Waals surface area contributed by atoms with Crippen LogP contribution in [-0.2, 0) is 0 Å². The number of aromatic nitrogens is 4. The zero-order valence-corrected chi connectivity index (χ0v) is 8.10. The van der Waals surface area contributed by atoms with Gasteiger partial charge in [0.2, 0.25) is 0 Å². The minimum Gasteiger partial charge on any atom is -0.382 e. The summed E-state index contributed by atoms with van der Waals surface area (Å²) in [5, 5.41) is 4.09. The molecule has 0 unspecified atom stereocenters. The smallest absolute Gasteiger partial charge is 0.250 e. The van der Waals surface area contributed by atoms with E-state index in [2.05, 4.69) is 15.1 Å². The van der Waals surface area contributed by atoms with Gasteiger partial charge in [-0.05, 0) is 19.9 Å². The Kier molecular flexibility index (Phi) is 1.92. The predicted molar refractivity (Wildman–Crippen MR) is 53.0 cm³/mol. The molecular weight excluding hydrogens is 178 g/mol. The summed E-state index contributed by atoms with van der Waals surface area (Å²) < 4.78 is 1.58. The molecule has 2 heterocycles. The van der Waals surface area contributed by atoms with Crippen LogP contribution in [0.4, 0.5) is 5.82 Å². The van der Waals surface area contributed by atoms with Crippen LogP contribution in [0.3, 0.4) is 0 Å². The largest absolute Gasteiger partial charge is 0.382 e. The molecule has 0 saturated heterocycles. The molecule has 72 valence electrons. The fourth-order valence-electron chi connectivity index (χ4n) is 1.12. The SMILES string of the molecule is Cc1ccnc(-n2cc(C)c(N)n2)n1. The molecule has 0 fully saturated rings. The van der Waals surface area contributed by atoms with Gasteiger partial charge in [0.25, 0.3) is 5.95 Å². The van der Waals surface area contributed by atoms with Gasteiger partial charge in [-0.2, -0.15) is 0 Å². The van der Waals surface area contributed by atoms with Crippen LogP contribution < -0.4 is 5.73 Å². The second-order valence-corrected chi connectivity index (χ2v) is 3.14. The van der Waals surface area contributed by atoms with Crippen LogP contribution in [0.2, 0.25) is 0 Å². The number of nitrogens with two attached hydrogens (primary N) is 1. The van der Waals surface area contributed by atoms with Crippen molar-refractivity contribution in [1.82, 2.24) is 19.7 Å². The molecular formula is C9H11N5. The molecule has 2 rings (SSSR count). The van der Waals surface area contributed by atoms with Crippen molar-refractivity contribution in [2.45, 2.75) is 13.8 Å². The molecule has 2 aromatic rings. The van der Waals surface area contributed by atoms with Crippen LogP contribution in [0.1, 0.15) is 11.3 Å². The van der Waals surface area contributed by atoms with Crippen LogP contribution in [0.25, 0.3) is 5.95 Å². The lowest BCUT2D eigenvalue weighted by Gasteiger charge is -1.98. The number of rotatable bonds is 1. The normalized spacial score (nSPS) is 10.4. The molecule has 0 radical (unpaired) electrons. The highest BCUT2D eigenvalue weighted by molar-refractivity contribution is 5.37. The minimum absolute atomic E-state index is 0.509. The molecule has 0 spiro atoms. The van der Waals surface area contributed by atoms with Crippen molar-refractivity contribution in [3.05, 3.63) is 29.7 Å². The van der Waals surface area contributed by atoms with E-state index in [0.29, 0.717) is 11.8 Å². The second-order valence-electron chi connectivity index (χ2n) is 3.14. The number of hydrogen-bond donors (Lipinski definition) is 1. The van der Waals surface area contributed by atoms with E-state index in [1.807, 2.05) is 26.1 Å². The van der Waals surface area contributed by atoms with Gasteiger partial charge in [0, 0.05) is 23.7 Å². The third-order valence-corrected chi connectivity index (χ3v) is 1.92. The van der Waals surface area contributed by atoms with Gasteiger partial charge in [-0.1, -0.05) is 0 Å². The van der Waals surface area contributed by atoms with E-state index in [0.717, 1.165) is 11.3 Å². The van der Waals surface area contributed by atoms with E-state index >= 15 is 0 Å². The van der Waals surface area contributed by atoms with E-state index in [4.69, 9.17) is 5.73 Å². The summed E-state index contributed by atoms with van der Waals surface area (Å²) in [6, 6.07) is 1.84. The zero-order valence-electron chi connectivity index (χ0n) is 8.10. The van der Waals surface area contributed by atoms with Crippen LogP contribution in [0.5, 0.6) is 0 Å². The molecule has 5 heteroatoms. The molecule has 0 aliphatic rings. The highest BCUT2D eigenvalue weighted by Crippen LogP contribution is 2.09. The summed E-state index contributed by atoms with van der Waals surface area (Å²) in [5.41, 5.74) is 7.46. The first-order valence-electron chi connectivity index (χ1n) is 4.28. The Balaban J connectivity index is 2.49. The Bertz CT molecular complexity index is 440. The summed E-state index contributed by atoms with van der Waals surface area (Å²) in [7, 11) is 0. The predicted octanol–water partition coefficient (Wildman–Crippen LogP) is 0.861. The molecule has 0 amide bonds. The van der Waals surface area contributed by atoms with Gasteiger partial charge in [-0.25, -0.2) is 14.6 Å². The van der Waals surface area contributed by atoms with Crippen molar-refractivity contribution in [3.63, 3.8) is 0 Å². The van der Waals surface area contributed by atoms with Crippen molar-refractivity contribution in [2.75, 3.05) is 5.73 Å². The van der Waals surface area contributed by atoms with E-state index in [-0.39, 0.29) is 0 Å². The molecule has 14 heavy (non-hydrogen) atoms. The van der Waals surface area contributed by atoms with Crippen LogP contribution >= 0.6 is 0 Å². The Hall–Kier alpha value is -1.91. The van der Waals surface area contributed by atoms with E-state index < -0.39 is 0 Å². The summed E-state index contributed by atoms with van der Waals surface area (Å²) >= 11 is 0. The zero-order chi connectivity index (χ0) is 10.1. The Morgan fingerprint density at radius 3 is 2.71 bits per heavy atom. The maximum atomic E-state index is 5.63. The number of anilines is 1. The van der Waals surface area contributed by atoms with E-state index in [1.54, 1.807) is 10.9 Å². The maximum absolute atomic E-state index is 5.63. The lowest BCUT2D eigenvalue weighted by molar-refractivity contribution is 0.804. The van der Waals surface area contributed by atoms with Gasteiger partial charge >= 0.3 is 0 Å². The second kappa shape index (κ2) is 3.10. The van der Waals surface area contributed by atoms with Gasteiger partial charge in [0.1, 0.15) is 5.82 Å². The lowest BCUT2D eigenvalue weighted by atomic mass is 10.4. The number of nitrogen functional groups attached to an aromatic ring is 1. The summed E-state index contributed by atoms with van der Waals surface area (Å²) in [6.45, 7) is 3.81. The van der Waals surface area contributed by atoms with Crippen LogP contribution in [-0.4, -0.2) is 19.7 Å². The van der Waals surface area contributed by atoms with Gasteiger partial charge in [-0.3, -0.25) is 0 Å². The van der Waals surface area contributed by atoms with Crippen LogP contribution in [0.15, 0.2) is 18.5 Å². The van der Waals surface area contributed by atoms with Crippen LogP contribution in [0, 0.1) is 13.8 Å². The van der Waals surface area contributed by atoms with Gasteiger partial charge in [-0.15, -0.1) is 5.10 Å². The fraction of sp³-hybridized carbons (Fsp3) is 0.222. The first kappa shape index (κ1) is 8.68. The summed E-state index contributed by atoms with van der Waals surface area (Å²) in [6.07, 6.45) is 3.51. The molecule has 0 atom stereocenters. The maximum Gasteiger partial charge on any atom is 0.250 e. The Morgan fingerprint density at radius 1 is 1.36 bits per heavy atom. The molecule has 0 aromatic carbocycles. The third-order valence-electron chi connectivity index (χ3n) is 1.92. The third kappa shape index (κ3) is 1.44. The van der Waals surface area contributed by atoms with Gasteiger partial charge in [0.15, 0.2) is 0 Å². The van der Waals surface area contributed by atoms with Crippen molar-refractivity contribution in [3.8, 4) is 5.95 Å². The van der Waals surface area contributed by atoms with Gasteiger partial charge in [0.05, 0.1) is 0 Å². The molecule has 2 aromatic heterocycles. The molecule has 0 aliphatic heterocycles. The molecule has 5 nitrogen and oxygen atoms in total. The topological polar surface area (TPSA) is 69.6 Å². The average molecular weight is 189 g/mol. The number of nitrogens with zero attached hydrogens (tertiary/aromatic N) is 4. The standard InChI is InChI=1S/C9H11N5/c1-6-5-14(13-8(6)10)9-11-4-3-7(2)12-9/h3-5H,1-2H3,(H2,10,13). The molecule has 2 N–H and O–H groups in total. The van der Waals surface area contributed by atoms with E-state index in [9.17, 15) is 0 Å². The average Bonchev–Trinajstić information content (AvgIpc) is 2.47. The molecule has 0 saturated carbocycles. The highest BCUT2D eigenvalue weighted by Gasteiger charge is 2.04. The fourth-order valence-corrected chi connectivity index (χ4v) is 1.12. The summed E-state index contributed by atoms with van der Waals surface area (Å²) in [4.78, 5) is 8.33. The first-order chi connectivity index (χ1) is 6.66. The monoisotopic (exact) mass is 189 g/mol. The number of aryl methyl sites for hydroxylation is 2. The van der Waals surface area contributed by atoms with Crippen molar-refractivity contribution in [1.29, 1.82) is 0 Å². The van der Waals surface area contributed by atoms with Gasteiger partial charge < -0.3 is 5.73 Å². The van der Waals surface area contributed by atoms with E-state index in [1.165, 1.54) is 0 Å². The summed E-state index contributed by atoms with van der Waals surface area (Å²) in [5.74, 6) is 1.06. The quantitative estimate of drug-likeness (QED) is 0.722. The van der Waals surface area contributed by atoms with Crippen molar-refractivity contribution < 1.29 is 0 Å².